The number of para-hydroxylation sites is 1. The van der Waals surface area contributed by atoms with Crippen LogP contribution in [0.1, 0.15) is 12.5 Å². The van der Waals surface area contributed by atoms with Crippen molar-refractivity contribution in [3.05, 3.63) is 29.8 Å². The number of amides is 1. The van der Waals surface area contributed by atoms with E-state index in [0.29, 0.717) is 13.1 Å². The van der Waals surface area contributed by atoms with Crippen LogP contribution in [0.15, 0.2) is 24.3 Å². The van der Waals surface area contributed by atoms with Crippen LogP contribution in [0, 0.1) is 0 Å². The zero-order valence-corrected chi connectivity index (χ0v) is 14.2. The van der Waals surface area contributed by atoms with E-state index in [1.54, 1.807) is 6.92 Å². The average Bonchev–Trinajstić information content (AvgIpc) is 2.47. The van der Waals surface area contributed by atoms with E-state index in [2.05, 4.69) is 10.6 Å². The van der Waals surface area contributed by atoms with Crippen molar-refractivity contribution in [1.82, 2.24) is 10.2 Å². The van der Waals surface area contributed by atoms with Crippen LogP contribution < -0.4 is 10.6 Å². The molecule has 132 valence electrons. The quantitative estimate of drug-likeness (QED) is 0.855. The summed E-state index contributed by atoms with van der Waals surface area (Å²) in [6, 6.07) is 4.54. The smallest absolute Gasteiger partial charge is 0.324 e. The molecule has 0 spiro atoms. The molecule has 1 atom stereocenters. The van der Waals surface area contributed by atoms with Crippen molar-refractivity contribution in [3.8, 4) is 0 Å². The first-order valence-electron chi connectivity index (χ1n) is 6.81. The number of piperazine rings is 1. The summed E-state index contributed by atoms with van der Waals surface area (Å²) in [5.41, 5.74) is -1.03. The third kappa shape index (κ3) is 5.84. The second-order valence-electron chi connectivity index (χ2n) is 4.99. The van der Waals surface area contributed by atoms with E-state index in [-0.39, 0.29) is 30.5 Å². The Kier molecular flexibility index (Phi) is 8.90. The highest BCUT2D eigenvalue weighted by Gasteiger charge is 2.34. The summed E-state index contributed by atoms with van der Waals surface area (Å²) >= 11 is 0. The van der Waals surface area contributed by atoms with Crippen LogP contribution >= 0.6 is 24.8 Å². The van der Waals surface area contributed by atoms with Gasteiger partial charge in [-0.15, -0.1) is 24.8 Å². The molecule has 23 heavy (non-hydrogen) atoms. The fourth-order valence-electron chi connectivity index (χ4n) is 2.31. The molecular weight excluding hydrogens is 354 g/mol. The number of hydrogen-bond acceptors (Lipinski definition) is 3. The van der Waals surface area contributed by atoms with Crippen LogP contribution in [0.5, 0.6) is 0 Å². The minimum absolute atomic E-state index is 0. The van der Waals surface area contributed by atoms with Gasteiger partial charge in [0, 0.05) is 26.2 Å². The zero-order chi connectivity index (χ0) is 15.5. The second-order valence-corrected chi connectivity index (χ2v) is 4.99. The highest BCUT2D eigenvalue weighted by Crippen LogP contribution is 2.34. The maximum atomic E-state index is 12.9. The molecule has 2 rings (SSSR count). The monoisotopic (exact) mass is 373 g/mol. The van der Waals surface area contributed by atoms with Gasteiger partial charge < -0.3 is 10.6 Å². The van der Waals surface area contributed by atoms with Gasteiger partial charge in [0.15, 0.2) is 0 Å². The highest BCUT2D eigenvalue weighted by molar-refractivity contribution is 5.95. The SMILES string of the molecule is CC(C(=O)Nc1ccccc1C(F)(F)F)N1CCNCC1.Cl.Cl. The summed E-state index contributed by atoms with van der Waals surface area (Å²) in [6.07, 6.45) is -4.48. The molecule has 0 bridgehead atoms. The van der Waals surface area contributed by atoms with Gasteiger partial charge in [-0.1, -0.05) is 12.1 Å². The van der Waals surface area contributed by atoms with E-state index in [1.165, 1.54) is 18.2 Å². The molecule has 9 heteroatoms. The molecule has 1 saturated heterocycles. The molecule has 1 amide bonds. The molecule has 0 aliphatic carbocycles. The molecule has 1 aromatic rings. The molecule has 0 radical (unpaired) electrons. The third-order valence-electron chi connectivity index (χ3n) is 3.57. The predicted octanol–water partition coefficient (Wildman–Crippen LogP) is 2.78. The number of anilines is 1. The second kappa shape index (κ2) is 9.32. The van der Waals surface area contributed by atoms with Gasteiger partial charge in [0.25, 0.3) is 0 Å². The lowest BCUT2D eigenvalue weighted by molar-refractivity contribution is -0.137. The summed E-state index contributed by atoms with van der Waals surface area (Å²) in [7, 11) is 0. The van der Waals surface area contributed by atoms with E-state index in [4.69, 9.17) is 0 Å². The molecule has 1 heterocycles. The lowest BCUT2D eigenvalue weighted by Crippen LogP contribution is -2.51. The van der Waals surface area contributed by atoms with Crippen molar-refractivity contribution in [2.24, 2.45) is 0 Å². The number of rotatable bonds is 3. The molecule has 1 aromatic carbocycles. The first-order chi connectivity index (χ1) is 9.89. The standard InChI is InChI=1S/C14H18F3N3O.2ClH/c1-10(20-8-6-18-7-9-20)13(21)19-12-5-3-2-4-11(12)14(15,16)17;;/h2-5,10,18H,6-9H2,1H3,(H,19,21);2*1H. The molecule has 2 N–H and O–H groups in total. The Balaban J connectivity index is 0.00000242. The van der Waals surface area contributed by atoms with E-state index in [1.807, 2.05) is 4.90 Å². The third-order valence-corrected chi connectivity index (χ3v) is 3.57. The van der Waals surface area contributed by atoms with Crippen molar-refractivity contribution in [2.45, 2.75) is 19.1 Å². The molecular formula is C14H20Cl2F3N3O. The summed E-state index contributed by atoms with van der Waals surface area (Å²) in [5.74, 6) is -0.423. The topological polar surface area (TPSA) is 44.4 Å². The van der Waals surface area contributed by atoms with Gasteiger partial charge in [-0.3, -0.25) is 9.69 Å². The van der Waals surface area contributed by atoms with Crippen LogP contribution in [0.4, 0.5) is 18.9 Å². The lowest BCUT2D eigenvalue weighted by atomic mass is 10.1. The van der Waals surface area contributed by atoms with Crippen LogP contribution in [0.3, 0.4) is 0 Å². The largest absolute Gasteiger partial charge is 0.418 e. The van der Waals surface area contributed by atoms with Crippen molar-refractivity contribution in [3.63, 3.8) is 0 Å². The maximum Gasteiger partial charge on any atom is 0.418 e. The first-order valence-corrected chi connectivity index (χ1v) is 6.81. The maximum absolute atomic E-state index is 12.9. The Morgan fingerprint density at radius 2 is 1.78 bits per heavy atom. The number of alkyl halides is 3. The van der Waals surface area contributed by atoms with Crippen LogP contribution in [0.2, 0.25) is 0 Å². The number of nitrogens with zero attached hydrogens (tertiary/aromatic N) is 1. The number of carbonyl (C=O) groups excluding carboxylic acids is 1. The molecule has 4 nitrogen and oxygen atoms in total. The number of halogens is 5. The average molecular weight is 374 g/mol. The number of carbonyl (C=O) groups is 1. The first kappa shape index (κ1) is 22.0. The summed E-state index contributed by atoms with van der Waals surface area (Å²) < 4.78 is 38.7. The van der Waals surface area contributed by atoms with Gasteiger partial charge in [0.1, 0.15) is 0 Å². The minimum Gasteiger partial charge on any atom is -0.324 e. The van der Waals surface area contributed by atoms with Crippen LogP contribution in [0.25, 0.3) is 0 Å². The molecule has 1 unspecified atom stereocenters. The lowest BCUT2D eigenvalue weighted by Gasteiger charge is -2.32. The van der Waals surface area contributed by atoms with Gasteiger partial charge in [-0.25, -0.2) is 0 Å². The van der Waals surface area contributed by atoms with Gasteiger partial charge in [0.05, 0.1) is 17.3 Å². The Labute approximate surface area is 145 Å². The predicted molar refractivity (Wildman–Crippen MR) is 88.5 cm³/mol. The van der Waals surface area contributed by atoms with Crippen molar-refractivity contribution in [2.75, 3.05) is 31.5 Å². The van der Waals surface area contributed by atoms with Crippen molar-refractivity contribution >= 4 is 36.4 Å². The van der Waals surface area contributed by atoms with Crippen LogP contribution in [-0.2, 0) is 11.0 Å². The Morgan fingerprint density at radius 3 is 2.35 bits per heavy atom. The highest BCUT2D eigenvalue weighted by atomic mass is 35.5. The summed E-state index contributed by atoms with van der Waals surface area (Å²) in [6.45, 7) is 4.66. The van der Waals surface area contributed by atoms with Crippen molar-refractivity contribution < 1.29 is 18.0 Å². The van der Waals surface area contributed by atoms with Gasteiger partial charge in [-0.05, 0) is 19.1 Å². The number of nitrogens with one attached hydrogen (secondary N) is 2. The van der Waals surface area contributed by atoms with Crippen molar-refractivity contribution in [1.29, 1.82) is 0 Å². The van der Waals surface area contributed by atoms with Gasteiger partial charge in [0.2, 0.25) is 5.91 Å². The van der Waals surface area contributed by atoms with E-state index in [9.17, 15) is 18.0 Å². The fourth-order valence-corrected chi connectivity index (χ4v) is 2.31. The summed E-state index contributed by atoms with van der Waals surface area (Å²) in [4.78, 5) is 14.1. The molecule has 1 aliphatic rings. The molecule has 0 saturated carbocycles. The molecule has 0 aromatic heterocycles. The zero-order valence-electron chi connectivity index (χ0n) is 12.5. The number of benzene rings is 1. The molecule has 1 fully saturated rings. The fraction of sp³-hybridized carbons (Fsp3) is 0.500. The normalized spacial score (nSPS) is 16.7. The Hall–Kier alpha value is -1.02. The van der Waals surface area contributed by atoms with E-state index >= 15 is 0 Å². The molecule has 1 aliphatic heterocycles. The minimum atomic E-state index is -4.48. The van der Waals surface area contributed by atoms with E-state index < -0.39 is 23.7 Å². The van der Waals surface area contributed by atoms with Gasteiger partial charge >= 0.3 is 6.18 Å². The van der Waals surface area contributed by atoms with E-state index in [0.717, 1.165) is 19.2 Å². The number of hydrogen-bond donors (Lipinski definition) is 2. The Bertz CT molecular complexity index is 508. The van der Waals surface area contributed by atoms with Gasteiger partial charge in [-0.2, -0.15) is 13.2 Å². The van der Waals surface area contributed by atoms with Crippen LogP contribution in [-0.4, -0.2) is 43.0 Å². The Morgan fingerprint density at radius 1 is 1.22 bits per heavy atom. The summed E-state index contributed by atoms with van der Waals surface area (Å²) in [5, 5.41) is 5.56.